The number of hydrogen-bond donors (Lipinski definition) is 0. The zero-order valence-corrected chi connectivity index (χ0v) is 19.2. The normalized spacial score (nSPS) is 11.3. The summed E-state index contributed by atoms with van der Waals surface area (Å²) >= 11 is 0. The molecule has 0 spiro atoms. The molecule has 2 heterocycles. The molecule has 0 N–H and O–H groups in total. The van der Waals surface area contributed by atoms with Crippen LogP contribution in [0.5, 0.6) is 0 Å². The third-order valence-corrected chi connectivity index (χ3v) is 6.47. The van der Waals surface area contributed by atoms with E-state index < -0.39 is 0 Å². The first-order chi connectivity index (χ1) is 17.1. The lowest BCUT2D eigenvalue weighted by Crippen LogP contribution is -2.27. The minimum absolute atomic E-state index is 0.281. The Bertz CT molecular complexity index is 1690. The Morgan fingerprint density at radius 2 is 1.14 bits per heavy atom. The Hall–Kier alpha value is -4.37. The van der Waals surface area contributed by atoms with Gasteiger partial charge in [0.15, 0.2) is 6.20 Å². The summed E-state index contributed by atoms with van der Waals surface area (Å²) in [5.41, 5.74) is 8.12. The van der Waals surface area contributed by atoms with Crippen molar-refractivity contribution in [1.82, 2.24) is 0 Å². The molecule has 4 aromatic carbocycles. The first kappa shape index (κ1) is 21.2. The van der Waals surface area contributed by atoms with Crippen LogP contribution in [-0.2, 0) is 0 Å². The highest BCUT2D eigenvalue weighted by Crippen LogP contribution is 2.40. The van der Waals surface area contributed by atoms with Gasteiger partial charge in [0.2, 0.25) is 11.2 Å². The Morgan fingerprint density at radius 3 is 1.80 bits per heavy atom. The molecule has 0 bridgehead atoms. The molecular weight excluding hydrogens is 436 g/mol. The minimum atomic E-state index is -0.284. The van der Waals surface area contributed by atoms with Crippen LogP contribution >= 0.6 is 0 Å². The molecule has 0 fully saturated rings. The second kappa shape index (κ2) is 8.44. The van der Waals surface area contributed by atoms with Crippen molar-refractivity contribution in [3.8, 4) is 33.5 Å². The quantitative estimate of drug-likeness (QED) is 0.186. The van der Waals surface area contributed by atoms with Gasteiger partial charge in [-0.2, -0.15) is 4.40 Å². The molecule has 6 aromatic rings. The van der Waals surface area contributed by atoms with Crippen molar-refractivity contribution in [3.05, 3.63) is 133 Å². The number of rotatable bonds is 3. The van der Waals surface area contributed by atoms with Crippen LogP contribution < -0.4 is 4.40 Å². The monoisotopic (exact) mass is 458 g/mol. The number of aryl methyl sites for hydroxylation is 1. The number of pyridine rings is 2. The Morgan fingerprint density at radius 1 is 0.571 bits per heavy atom. The van der Waals surface area contributed by atoms with E-state index in [-0.39, 0.29) is 11.6 Å². The molecule has 0 aliphatic rings. The summed E-state index contributed by atoms with van der Waals surface area (Å²) in [6.07, 6.45) is 2.12. The Kier molecular flexibility index (Phi) is 5.11. The molecule has 0 saturated carbocycles. The van der Waals surface area contributed by atoms with Gasteiger partial charge in [-0.1, -0.05) is 60.7 Å². The van der Waals surface area contributed by atoms with E-state index in [1.807, 2.05) is 54.6 Å². The maximum Gasteiger partial charge on any atom is 0.226 e. The molecule has 35 heavy (non-hydrogen) atoms. The predicted molar refractivity (Wildman–Crippen MR) is 138 cm³/mol. The summed E-state index contributed by atoms with van der Waals surface area (Å²) in [5, 5.41) is 2.15. The first-order valence-electron chi connectivity index (χ1n) is 11.6. The Balaban J connectivity index is 1.87. The summed E-state index contributed by atoms with van der Waals surface area (Å²) in [6.45, 7) is 2.08. The van der Waals surface area contributed by atoms with Crippen LogP contribution in [0.15, 0.2) is 115 Å². The smallest absolute Gasteiger partial charge is 0.207 e. The number of nitrogens with zero attached hydrogens (tertiary/aromatic N) is 1. The predicted octanol–water partition coefficient (Wildman–Crippen LogP) is 8.17. The molecule has 6 rings (SSSR count). The van der Waals surface area contributed by atoms with Gasteiger partial charge in [-0.25, -0.2) is 8.78 Å². The van der Waals surface area contributed by atoms with Gasteiger partial charge in [0.05, 0.1) is 16.5 Å². The highest BCUT2D eigenvalue weighted by molar-refractivity contribution is 6.10. The van der Waals surface area contributed by atoms with Crippen LogP contribution in [0.25, 0.3) is 49.8 Å². The third-order valence-electron chi connectivity index (χ3n) is 6.47. The van der Waals surface area contributed by atoms with Crippen LogP contribution in [0.2, 0.25) is 0 Å². The number of halogens is 2. The zero-order chi connectivity index (χ0) is 23.9. The van der Waals surface area contributed by atoms with Crippen LogP contribution in [0.4, 0.5) is 8.78 Å². The lowest BCUT2D eigenvalue weighted by Gasteiger charge is -2.15. The molecule has 1 nitrogen and oxygen atoms in total. The highest BCUT2D eigenvalue weighted by Gasteiger charge is 2.27. The Labute approximate surface area is 202 Å². The topological polar surface area (TPSA) is 4.10 Å². The molecule has 3 heteroatoms. The minimum Gasteiger partial charge on any atom is -0.207 e. The van der Waals surface area contributed by atoms with E-state index in [0.717, 1.165) is 55.4 Å². The van der Waals surface area contributed by atoms with E-state index in [2.05, 4.69) is 47.9 Å². The first-order valence-corrected chi connectivity index (χ1v) is 11.6. The van der Waals surface area contributed by atoms with Crippen molar-refractivity contribution in [2.45, 2.75) is 6.92 Å². The zero-order valence-electron chi connectivity index (χ0n) is 19.2. The van der Waals surface area contributed by atoms with E-state index in [4.69, 9.17) is 0 Å². The average molecular weight is 459 g/mol. The summed E-state index contributed by atoms with van der Waals surface area (Å²) in [5.74, 6) is -0.564. The fourth-order valence-electron chi connectivity index (χ4n) is 4.98. The van der Waals surface area contributed by atoms with Gasteiger partial charge in [0, 0.05) is 16.5 Å². The maximum absolute atomic E-state index is 13.9. The number of fused-ring (bicyclic) bond motifs is 3. The van der Waals surface area contributed by atoms with Gasteiger partial charge in [-0.3, -0.25) is 0 Å². The molecule has 0 amide bonds. The summed E-state index contributed by atoms with van der Waals surface area (Å²) < 4.78 is 30.0. The SMILES string of the molecule is Cc1cc(-c2ccccc2)c2c3ccccc3c(-c3ccc(F)cc3)c(-c3ccc(F)cc3)[n+]2c1. The van der Waals surface area contributed by atoms with Crippen LogP contribution in [0, 0.1) is 18.6 Å². The van der Waals surface area contributed by atoms with Crippen molar-refractivity contribution < 1.29 is 13.2 Å². The summed E-state index contributed by atoms with van der Waals surface area (Å²) in [7, 11) is 0. The van der Waals surface area contributed by atoms with Gasteiger partial charge in [0.25, 0.3) is 0 Å². The molecular formula is C32H22F2N+. The molecule has 0 unspecified atom stereocenters. The van der Waals surface area contributed by atoms with E-state index >= 15 is 0 Å². The fraction of sp³-hybridized carbons (Fsp3) is 0.0312. The lowest BCUT2D eigenvalue weighted by molar-refractivity contribution is -0.497. The van der Waals surface area contributed by atoms with Crippen molar-refractivity contribution in [2.75, 3.05) is 0 Å². The van der Waals surface area contributed by atoms with E-state index in [1.54, 1.807) is 0 Å². The molecule has 0 atom stereocenters. The van der Waals surface area contributed by atoms with Gasteiger partial charge in [-0.05, 0) is 66.6 Å². The second-order valence-electron chi connectivity index (χ2n) is 8.80. The van der Waals surface area contributed by atoms with Crippen LogP contribution in [0.3, 0.4) is 0 Å². The van der Waals surface area contributed by atoms with Gasteiger partial charge >= 0.3 is 0 Å². The fourth-order valence-corrected chi connectivity index (χ4v) is 4.98. The summed E-state index contributed by atoms with van der Waals surface area (Å²) in [6, 6.07) is 34.0. The average Bonchev–Trinajstić information content (AvgIpc) is 2.89. The van der Waals surface area contributed by atoms with Crippen molar-refractivity contribution in [3.63, 3.8) is 0 Å². The van der Waals surface area contributed by atoms with E-state index in [9.17, 15) is 8.78 Å². The van der Waals surface area contributed by atoms with Gasteiger partial charge in [-0.15, -0.1) is 0 Å². The molecule has 0 aliphatic heterocycles. The van der Waals surface area contributed by atoms with E-state index in [1.165, 1.54) is 24.3 Å². The number of aromatic nitrogens is 1. The van der Waals surface area contributed by atoms with Gasteiger partial charge in [0.1, 0.15) is 11.6 Å². The lowest BCUT2D eigenvalue weighted by atomic mass is 9.90. The molecule has 0 saturated heterocycles. The second-order valence-corrected chi connectivity index (χ2v) is 8.80. The van der Waals surface area contributed by atoms with Crippen LogP contribution in [-0.4, -0.2) is 0 Å². The van der Waals surface area contributed by atoms with Crippen molar-refractivity contribution in [2.24, 2.45) is 0 Å². The number of hydrogen-bond acceptors (Lipinski definition) is 0. The van der Waals surface area contributed by atoms with Crippen LogP contribution in [0.1, 0.15) is 5.56 Å². The molecule has 0 aliphatic carbocycles. The highest BCUT2D eigenvalue weighted by atomic mass is 19.1. The summed E-state index contributed by atoms with van der Waals surface area (Å²) in [4.78, 5) is 0. The molecule has 2 aromatic heterocycles. The van der Waals surface area contributed by atoms with Gasteiger partial charge < -0.3 is 0 Å². The van der Waals surface area contributed by atoms with Crippen molar-refractivity contribution in [1.29, 1.82) is 0 Å². The molecule has 0 radical (unpaired) electrons. The maximum atomic E-state index is 13.9. The number of benzene rings is 4. The third kappa shape index (κ3) is 3.66. The van der Waals surface area contributed by atoms with Crippen molar-refractivity contribution >= 4 is 16.3 Å². The standard InChI is InChI=1S/C32H22F2N/c1-21-19-29(22-7-3-2-4-8-22)32-28-10-6-5-9-27(28)30(23-11-15-25(33)16-12-23)31(35(32)20-21)24-13-17-26(34)18-14-24/h2-20H,1H3/q+1. The van der Waals surface area contributed by atoms with E-state index in [0.29, 0.717) is 0 Å². The largest absolute Gasteiger partial charge is 0.226 e. The molecule has 168 valence electrons.